The summed E-state index contributed by atoms with van der Waals surface area (Å²) in [6, 6.07) is 0. The molecule has 0 bridgehead atoms. The van der Waals surface area contributed by atoms with Crippen molar-refractivity contribution >= 4 is 39.3 Å². The molecule has 0 N–H and O–H groups in total. The lowest BCUT2D eigenvalue weighted by molar-refractivity contribution is -0.163. The number of alkyl halides is 5. The van der Waals surface area contributed by atoms with Crippen molar-refractivity contribution in [3.8, 4) is 0 Å². The molecule has 0 aliphatic heterocycles. The fourth-order valence-electron chi connectivity index (χ4n) is 2.62. The van der Waals surface area contributed by atoms with E-state index in [1.807, 2.05) is 0 Å². The zero-order valence-corrected chi connectivity index (χ0v) is 15.1. The Morgan fingerprint density at radius 1 is 1.30 bits per heavy atom. The second-order valence-electron chi connectivity index (χ2n) is 5.92. The van der Waals surface area contributed by atoms with E-state index in [1.54, 1.807) is 0 Å². The van der Waals surface area contributed by atoms with Gasteiger partial charge in [-0.1, -0.05) is 37.0 Å². The molecule has 1 fully saturated rings. The van der Waals surface area contributed by atoms with Gasteiger partial charge in [-0.3, -0.25) is 8.98 Å². The summed E-state index contributed by atoms with van der Waals surface area (Å²) in [5.41, 5.74) is -1.01. The summed E-state index contributed by atoms with van der Waals surface area (Å²) in [6.07, 6.45) is -6.76. The number of ether oxygens (including phenoxy) is 1. The van der Waals surface area contributed by atoms with Gasteiger partial charge in [0.05, 0.1) is 18.8 Å². The highest BCUT2D eigenvalue weighted by Gasteiger charge is 2.74. The lowest BCUT2D eigenvalue weighted by atomic mass is 10.0. The second kappa shape index (κ2) is 6.24. The maximum atomic E-state index is 13.1. The minimum Gasteiger partial charge on any atom is -0.466 e. The molecule has 0 saturated heterocycles. The molecule has 23 heavy (non-hydrogen) atoms. The van der Waals surface area contributed by atoms with E-state index in [-0.39, 0.29) is 6.61 Å². The number of carbonyl (C=O) groups is 1. The van der Waals surface area contributed by atoms with Crippen LogP contribution in [0.2, 0.25) is 0 Å². The molecule has 0 aromatic carbocycles. The Morgan fingerprint density at radius 2 is 1.78 bits per heavy atom. The zero-order chi connectivity index (χ0) is 18.4. The Morgan fingerprint density at radius 3 is 2.13 bits per heavy atom. The number of esters is 1. The minimum atomic E-state index is -5.16. The molecular weight excluding hydrogens is 384 g/mol. The maximum Gasteiger partial charge on any atom is 0.424 e. The molecule has 11 heteroatoms. The average Bonchev–Trinajstić information content (AvgIpc) is 2.86. The summed E-state index contributed by atoms with van der Waals surface area (Å²) in [4.78, 5) is 11.9. The molecule has 1 saturated carbocycles. The van der Waals surface area contributed by atoms with Crippen LogP contribution < -0.4 is 0 Å². The van der Waals surface area contributed by atoms with Crippen LogP contribution in [-0.4, -0.2) is 43.9 Å². The third-order valence-electron chi connectivity index (χ3n) is 3.79. The van der Waals surface area contributed by atoms with Crippen molar-refractivity contribution in [2.24, 2.45) is 17.3 Å². The number of rotatable bonds is 6. The van der Waals surface area contributed by atoms with Gasteiger partial charge in [-0.15, -0.1) is 0 Å². The van der Waals surface area contributed by atoms with E-state index >= 15 is 0 Å². The molecule has 136 valence electrons. The molecular formula is C12H17Cl2F3O5S. The number of halogens is 5. The van der Waals surface area contributed by atoms with E-state index in [0.29, 0.717) is 6.26 Å². The fraction of sp³-hybridized carbons (Fsp3) is 0.917. The van der Waals surface area contributed by atoms with Gasteiger partial charge in [-0.25, -0.2) is 0 Å². The predicted octanol–water partition coefficient (Wildman–Crippen LogP) is 2.90. The van der Waals surface area contributed by atoms with Crippen molar-refractivity contribution in [2.45, 2.75) is 37.4 Å². The van der Waals surface area contributed by atoms with E-state index < -0.39 is 50.0 Å². The van der Waals surface area contributed by atoms with Gasteiger partial charge in [0.25, 0.3) is 10.1 Å². The SMILES string of the molecule is CCOC(=O)C1C(C(OS(C)(=O)=O)C(Cl)(Cl)C(F)(F)F)C1(C)C. The second-order valence-corrected chi connectivity index (χ2v) is 8.91. The normalized spacial score (nSPS) is 25.8. The molecule has 0 amide bonds. The Labute approximate surface area is 142 Å². The molecule has 0 spiro atoms. The van der Waals surface area contributed by atoms with Crippen LogP contribution in [0, 0.1) is 17.3 Å². The van der Waals surface area contributed by atoms with Crippen molar-refractivity contribution in [1.29, 1.82) is 0 Å². The molecule has 0 aromatic heterocycles. The predicted molar refractivity (Wildman–Crippen MR) is 77.6 cm³/mol. The van der Waals surface area contributed by atoms with Crippen LogP contribution in [0.4, 0.5) is 13.2 Å². The van der Waals surface area contributed by atoms with Gasteiger partial charge >= 0.3 is 12.1 Å². The summed E-state index contributed by atoms with van der Waals surface area (Å²) in [5.74, 6) is -2.93. The van der Waals surface area contributed by atoms with Gasteiger partial charge in [0.15, 0.2) is 0 Å². The molecule has 0 aromatic rings. The van der Waals surface area contributed by atoms with Crippen molar-refractivity contribution in [2.75, 3.05) is 12.9 Å². The summed E-state index contributed by atoms with van der Waals surface area (Å²) in [5, 5.41) is 0. The monoisotopic (exact) mass is 400 g/mol. The van der Waals surface area contributed by atoms with E-state index in [9.17, 15) is 26.4 Å². The summed E-state index contributed by atoms with van der Waals surface area (Å²) >= 11 is 10.8. The molecule has 5 nitrogen and oxygen atoms in total. The lowest BCUT2D eigenvalue weighted by Gasteiger charge is -2.31. The largest absolute Gasteiger partial charge is 0.466 e. The smallest absolute Gasteiger partial charge is 0.424 e. The summed E-state index contributed by atoms with van der Waals surface area (Å²) in [6.45, 7) is 4.54. The first-order chi connectivity index (χ1) is 10.1. The fourth-order valence-corrected chi connectivity index (χ4v) is 3.73. The van der Waals surface area contributed by atoms with Gasteiger partial charge < -0.3 is 4.74 Å². The Hall–Kier alpha value is -0.250. The molecule has 0 heterocycles. The topological polar surface area (TPSA) is 69.7 Å². The quantitative estimate of drug-likeness (QED) is 0.389. The lowest BCUT2D eigenvalue weighted by Crippen LogP contribution is -2.49. The number of carbonyl (C=O) groups excluding carboxylic acids is 1. The first-order valence-electron chi connectivity index (χ1n) is 6.56. The van der Waals surface area contributed by atoms with Crippen LogP contribution in [0.25, 0.3) is 0 Å². The van der Waals surface area contributed by atoms with Crippen molar-refractivity contribution in [3.63, 3.8) is 0 Å². The van der Waals surface area contributed by atoms with Crippen molar-refractivity contribution < 1.29 is 35.3 Å². The molecule has 0 radical (unpaired) electrons. The third-order valence-corrected chi connectivity index (χ3v) is 5.21. The van der Waals surface area contributed by atoms with Gasteiger partial charge in [-0.05, 0) is 12.3 Å². The minimum absolute atomic E-state index is 0.0297. The Kier molecular flexibility index (Phi) is 5.64. The van der Waals surface area contributed by atoms with E-state index in [1.165, 1.54) is 20.8 Å². The van der Waals surface area contributed by atoms with Crippen molar-refractivity contribution in [1.82, 2.24) is 0 Å². The maximum absolute atomic E-state index is 13.1. The third kappa shape index (κ3) is 4.24. The molecule has 1 rings (SSSR count). The molecule has 1 aliphatic rings. The van der Waals surface area contributed by atoms with Crippen molar-refractivity contribution in [3.05, 3.63) is 0 Å². The van der Waals surface area contributed by atoms with Gasteiger partial charge in [0, 0.05) is 5.92 Å². The first-order valence-corrected chi connectivity index (χ1v) is 9.14. The van der Waals surface area contributed by atoms with Crippen LogP contribution >= 0.6 is 23.2 Å². The standard InChI is InChI=1S/C12H17Cl2F3O5S/c1-5-21-9(18)7-6(10(7,2)3)8(22-23(4,19)20)11(13,14)12(15,16)17/h6-8H,5H2,1-4H3. The van der Waals surface area contributed by atoms with Crippen LogP contribution in [-0.2, 0) is 23.8 Å². The zero-order valence-electron chi connectivity index (χ0n) is 12.8. The summed E-state index contributed by atoms with van der Waals surface area (Å²) < 4.78 is 67.9. The Balaban J connectivity index is 3.25. The van der Waals surface area contributed by atoms with E-state index in [4.69, 9.17) is 27.9 Å². The number of hydrogen-bond donors (Lipinski definition) is 0. The summed E-state index contributed by atoms with van der Waals surface area (Å²) in [7, 11) is -4.30. The number of hydrogen-bond acceptors (Lipinski definition) is 5. The first kappa shape index (κ1) is 20.8. The van der Waals surface area contributed by atoms with Gasteiger partial charge in [0.1, 0.15) is 6.10 Å². The average molecular weight is 401 g/mol. The van der Waals surface area contributed by atoms with E-state index in [2.05, 4.69) is 4.18 Å². The van der Waals surface area contributed by atoms with Crippen LogP contribution in [0.15, 0.2) is 0 Å². The highest BCUT2D eigenvalue weighted by molar-refractivity contribution is 7.86. The molecule has 1 aliphatic carbocycles. The van der Waals surface area contributed by atoms with Gasteiger partial charge in [-0.2, -0.15) is 21.6 Å². The van der Waals surface area contributed by atoms with Gasteiger partial charge in [0.2, 0.25) is 4.33 Å². The molecule has 3 unspecified atom stereocenters. The van der Waals surface area contributed by atoms with Crippen LogP contribution in [0.1, 0.15) is 20.8 Å². The van der Waals surface area contributed by atoms with Crippen LogP contribution in [0.3, 0.4) is 0 Å². The highest BCUT2D eigenvalue weighted by atomic mass is 35.5. The molecule has 3 atom stereocenters. The Bertz CT molecular complexity index is 574. The van der Waals surface area contributed by atoms with Crippen LogP contribution in [0.5, 0.6) is 0 Å². The highest BCUT2D eigenvalue weighted by Crippen LogP contribution is 2.65. The van der Waals surface area contributed by atoms with E-state index in [0.717, 1.165) is 0 Å².